The highest BCUT2D eigenvalue weighted by Gasteiger charge is 2.14. The third-order valence-electron chi connectivity index (χ3n) is 3.22. The first-order chi connectivity index (χ1) is 9.51. The first kappa shape index (κ1) is 15.5. The van der Waals surface area contributed by atoms with E-state index in [2.05, 4.69) is 87.4 Å². The summed E-state index contributed by atoms with van der Waals surface area (Å²) in [6.07, 6.45) is 0. The van der Waals surface area contributed by atoms with E-state index in [9.17, 15) is 0 Å². The number of hydrogen-bond acceptors (Lipinski definition) is 2. The van der Waals surface area contributed by atoms with Crippen molar-refractivity contribution >= 4 is 37.5 Å². The number of benzene rings is 2. The van der Waals surface area contributed by atoms with E-state index in [1.165, 1.54) is 16.7 Å². The van der Waals surface area contributed by atoms with E-state index in [-0.39, 0.29) is 6.04 Å². The lowest BCUT2D eigenvalue weighted by molar-refractivity contribution is 0.785. The largest absolute Gasteiger partial charge is 0.376 e. The van der Waals surface area contributed by atoms with Crippen LogP contribution in [0.1, 0.15) is 22.7 Å². The van der Waals surface area contributed by atoms with Crippen molar-refractivity contribution in [1.29, 1.82) is 0 Å². The van der Waals surface area contributed by atoms with Crippen LogP contribution in [-0.2, 0) is 0 Å². The van der Waals surface area contributed by atoms with Crippen LogP contribution in [-0.4, -0.2) is 6.54 Å². The lowest BCUT2D eigenvalue weighted by Gasteiger charge is -2.21. The molecule has 106 valence electrons. The molecule has 3 N–H and O–H groups in total. The standard InChI is InChI=1S/C16H18Br2N2/c1-10-3-5-12(14(18)7-10)16(9-19)20-15-8-11(2)4-6-13(15)17/h3-8,16,20H,9,19H2,1-2H3. The molecule has 2 aromatic carbocycles. The molecule has 20 heavy (non-hydrogen) atoms. The number of nitrogens with one attached hydrogen (secondary N) is 1. The Morgan fingerprint density at radius 3 is 2.30 bits per heavy atom. The number of hydrogen-bond donors (Lipinski definition) is 2. The van der Waals surface area contributed by atoms with Crippen molar-refractivity contribution in [2.45, 2.75) is 19.9 Å². The summed E-state index contributed by atoms with van der Waals surface area (Å²) >= 11 is 7.20. The predicted molar refractivity (Wildman–Crippen MR) is 93.2 cm³/mol. The maximum Gasteiger partial charge on any atom is 0.0647 e. The molecule has 2 nitrogen and oxygen atoms in total. The Labute approximate surface area is 137 Å². The Kier molecular flexibility index (Phi) is 5.24. The minimum absolute atomic E-state index is 0.0723. The molecule has 0 radical (unpaired) electrons. The summed E-state index contributed by atoms with van der Waals surface area (Å²) in [7, 11) is 0. The van der Waals surface area contributed by atoms with Crippen LogP contribution in [0.2, 0.25) is 0 Å². The number of rotatable bonds is 4. The van der Waals surface area contributed by atoms with Crippen LogP contribution in [0, 0.1) is 13.8 Å². The maximum atomic E-state index is 5.95. The van der Waals surface area contributed by atoms with Gasteiger partial charge in [0, 0.05) is 21.2 Å². The van der Waals surface area contributed by atoms with Gasteiger partial charge in [0.15, 0.2) is 0 Å². The van der Waals surface area contributed by atoms with E-state index in [1.807, 2.05) is 0 Å². The second-order valence-corrected chi connectivity index (χ2v) is 6.65. The Bertz CT molecular complexity index is 611. The van der Waals surface area contributed by atoms with Crippen LogP contribution in [0.3, 0.4) is 0 Å². The van der Waals surface area contributed by atoms with Crippen molar-refractivity contribution in [3.05, 3.63) is 62.0 Å². The van der Waals surface area contributed by atoms with E-state index in [4.69, 9.17) is 5.73 Å². The highest BCUT2D eigenvalue weighted by molar-refractivity contribution is 9.11. The molecule has 1 unspecified atom stereocenters. The molecular formula is C16H18Br2N2. The predicted octanol–water partition coefficient (Wildman–Crippen LogP) is 4.94. The van der Waals surface area contributed by atoms with Crippen molar-refractivity contribution in [1.82, 2.24) is 0 Å². The summed E-state index contributed by atoms with van der Waals surface area (Å²) in [6, 6.07) is 12.7. The van der Waals surface area contributed by atoms with E-state index in [0.717, 1.165) is 14.6 Å². The van der Waals surface area contributed by atoms with Crippen molar-refractivity contribution in [3.8, 4) is 0 Å². The molecule has 2 rings (SSSR count). The fourth-order valence-corrected chi connectivity index (χ4v) is 3.25. The quantitative estimate of drug-likeness (QED) is 0.766. The fraction of sp³-hybridized carbons (Fsp3) is 0.250. The molecule has 0 spiro atoms. The molecule has 0 aliphatic carbocycles. The van der Waals surface area contributed by atoms with Gasteiger partial charge in [0.2, 0.25) is 0 Å². The average Bonchev–Trinajstić information content (AvgIpc) is 2.40. The van der Waals surface area contributed by atoms with Gasteiger partial charge in [0.05, 0.1) is 6.04 Å². The van der Waals surface area contributed by atoms with Crippen LogP contribution in [0.5, 0.6) is 0 Å². The summed E-state index contributed by atoms with van der Waals surface area (Å²) in [4.78, 5) is 0. The second-order valence-electron chi connectivity index (χ2n) is 4.94. The van der Waals surface area contributed by atoms with Gasteiger partial charge in [-0.05, 0) is 64.7 Å². The first-order valence-corrected chi connectivity index (χ1v) is 8.08. The van der Waals surface area contributed by atoms with Gasteiger partial charge in [-0.1, -0.05) is 34.1 Å². The summed E-state index contributed by atoms with van der Waals surface area (Å²) < 4.78 is 2.13. The average molecular weight is 398 g/mol. The lowest BCUT2D eigenvalue weighted by Crippen LogP contribution is -2.21. The SMILES string of the molecule is Cc1ccc(C(CN)Nc2cc(C)ccc2Br)c(Br)c1. The van der Waals surface area contributed by atoms with E-state index in [1.54, 1.807) is 0 Å². The van der Waals surface area contributed by atoms with E-state index < -0.39 is 0 Å². The Morgan fingerprint density at radius 1 is 1.00 bits per heavy atom. The number of aryl methyl sites for hydroxylation is 2. The molecule has 0 heterocycles. The Morgan fingerprint density at radius 2 is 1.65 bits per heavy atom. The molecule has 0 saturated heterocycles. The smallest absolute Gasteiger partial charge is 0.0647 e. The fourth-order valence-electron chi connectivity index (χ4n) is 2.12. The number of nitrogens with two attached hydrogens (primary N) is 1. The third kappa shape index (κ3) is 3.62. The van der Waals surface area contributed by atoms with Crippen LogP contribution in [0.4, 0.5) is 5.69 Å². The highest BCUT2D eigenvalue weighted by atomic mass is 79.9. The Hall–Kier alpha value is -0.840. The molecule has 0 aliphatic heterocycles. The summed E-state index contributed by atoms with van der Waals surface area (Å²) in [5.41, 5.74) is 10.6. The van der Waals surface area contributed by atoms with Gasteiger partial charge in [-0.3, -0.25) is 0 Å². The van der Waals surface area contributed by atoms with Gasteiger partial charge in [-0.15, -0.1) is 0 Å². The number of halogens is 2. The van der Waals surface area contributed by atoms with Gasteiger partial charge < -0.3 is 11.1 Å². The van der Waals surface area contributed by atoms with Crippen molar-refractivity contribution < 1.29 is 0 Å². The topological polar surface area (TPSA) is 38.0 Å². The lowest BCUT2D eigenvalue weighted by atomic mass is 10.0. The molecular weight excluding hydrogens is 380 g/mol. The summed E-state index contributed by atoms with van der Waals surface area (Å²) in [6.45, 7) is 4.69. The molecule has 1 atom stereocenters. The molecule has 0 aromatic heterocycles. The highest BCUT2D eigenvalue weighted by Crippen LogP contribution is 2.30. The monoisotopic (exact) mass is 396 g/mol. The zero-order valence-corrected chi connectivity index (χ0v) is 14.8. The van der Waals surface area contributed by atoms with E-state index >= 15 is 0 Å². The van der Waals surface area contributed by atoms with Crippen molar-refractivity contribution in [2.75, 3.05) is 11.9 Å². The zero-order valence-electron chi connectivity index (χ0n) is 11.6. The van der Waals surface area contributed by atoms with Gasteiger partial charge in [0.25, 0.3) is 0 Å². The van der Waals surface area contributed by atoms with E-state index in [0.29, 0.717) is 6.54 Å². The molecule has 0 aliphatic rings. The second kappa shape index (κ2) is 6.74. The van der Waals surface area contributed by atoms with Crippen molar-refractivity contribution in [2.24, 2.45) is 5.73 Å². The van der Waals surface area contributed by atoms with Gasteiger partial charge in [-0.2, -0.15) is 0 Å². The third-order valence-corrected chi connectivity index (χ3v) is 4.60. The molecule has 0 amide bonds. The number of anilines is 1. The zero-order chi connectivity index (χ0) is 14.7. The normalized spacial score (nSPS) is 12.2. The summed E-state index contributed by atoms with van der Waals surface area (Å²) in [5, 5.41) is 3.51. The van der Waals surface area contributed by atoms with Gasteiger partial charge in [0.1, 0.15) is 0 Å². The van der Waals surface area contributed by atoms with Crippen LogP contribution < -0.4 is 11.1 Å². The van der Waals surface area contributed by atoms with Crippen LogP contribution >= 0.6 is 31.9 Å². The van der Waals surface area contributed by atoms with Crippen molar-refractivity contribution in [3.63, 3.8) is 0 Å². The molecule has 0 saturated carbocycles. The molecule has 2 aromatic rings. The van der Waals surface area contributed by atoms with Gasteiger partial charge in [-0.25, -0.2) is 0 Å². The molecule has 0 bridgehead atoms. The molecule has 0 fully saturated rings. The van der Waals surface area contributed by atoms with Crippen LogP contribution in [0.15, 0.2) is 45.3 Å². The minimum atomic E-state index is 0.0723. The van der Waals surface area contributed by atoms with Crippen LogP contribution in [0.25, 0.3) is 0 Å². The minimum Gasteiger partial charge on any atom is -0.376 e. The molecule has 4 heteroatoms. The van der Waals surface area contributed by atoms with Gasteiger partial charge >= 0.3 is 0 Å². The first-order valence-electron chi connectivity index (χ1n) is 6.50. The maximum absolute atomic E-state index is 5.95. The Balaban J connectivity index is 2.31. The summed E-state index contributed by atoms with van der Waals surface area (Å²) in [5.74, 6) is 0.